The lowest BCUT2D eigenvalue weighted by Crippen LogP contribution is -1.98. The largest absolute Gasteiger partial charge is 0.237 e. The van der Waals surface area contributed by atoms with Gasteiger partial charge in [0, 0.05) is 16.9 Å². The molecule has 0 aliphatic heterocycles. The van der Waals surface area contributed by atoms with Crippen LogP contribution in [0.1, 0.15) is 5.69 Å². The average Bonchev–Trinajstić information content (AvgIpc) is 2.52. The Balaban J connectivity index is 2.58. The van der Waals surface area contributed by atoms with Crippen molar-refractivity contribution < 1.29 is 0 Å². The van der Waals surface area contributed by atoms with E-state index in [4.69, 9.17) is 23.2 Å². The van der Waals surface area contributed by atoms with Crippen LogP contribution in [0.5, 0.6) is 0 Å². The second kappa shape index (κ2) is 3.64. The topological polar surface area (TPSA) is 17.8 Å². The number of aryl methyl sites for hydroxylation is 1. The Morgan fingerprint density at radius 3 is 2.57 bits per heavy atom. The Labute approximate surface area is 92.1 Å². The van der Waals surface area contributed by atoms with Gasteiger partial charge in [-0.2, -0.15) is 5.10 Å². The lowest BCUT2D eigenvalue weighted by molar-refractivity contribution is 0.847. The van der Waals surface area contributed by atoms with Crippen LogP contribution in [0.4, 0.5) is 0 Å². The standard InChI is InChI=1S/C10H8Cl2N2/c1-7-4-5-13-14(7)10-3-2-8(11)6-9(10)12/h2-6H,1H3. The van der Waals surface area contributed by atoms with E-state index in [0.29, 0.717) is 10.0 Å². The number of aromatic nitrogens is 2. The number of hydrogen-bond donors (Lipinski definition) is 0. The average molecular weight is 227 g/mol. The van der Waals surface area contributed by atoms with E-state index in [2.05, 4.69) is 5.10 Å². The van der Waals surface area contributed by atoms with E-state index in [1.807, 2.05) is 19.1 Å². The molecule has 0 radical (unpaired) electrons. The fourth-order valence-corrected chi connectivity index (χ4v) is 1.76. The molecule has 4 heteroatoms. The summed E-state index contributed by atoms with van der Waals surface area (Å²) in [4.78, 5) is 0. The van der Waals surface area contributed by atoms with Gasteiger partial charge in [-0.1, -0.05) is 23.2 Å². The predicted octanol–water partition coefficient (Wildman–Crippen LogP) is 3.49. The molecule has 0 spiro atoms. The van der Waals surface area contributed by atoms with Crippen LogP contribution >= 0.6 is 23.2 Å². The molecule has 0 aliphatic carbocycles. The van der Waals surface area contributed by atoms with E-state index in [1.165, 1.54) is 0 Å². The van der Waals surface area contributed by atoms with Crippen molar-refractivity contribution in [2.75, 3.05) is 0 Å². The Hall–Kier alpha value is -0.990. The number of rotatable bonds is 1. The van der Waals surface area contributed by atoms with E-state index < -0.39 is 0 Å². The second-order valence-corrected chi connectivity index (χ2v) is 3.82. The third-order valence-corrected chi connectivity index (χ3v) is 2.51. The van der Waals surface area contributed by atoms with Gasteiger partial charge in [0.15, 0.2) is 0 Å². The Morgan fingerprint density at radius 1 is 1.21 bits per heavy atom. The van der Waals surface area contributed by atoms with Gasteiger partial charge in [-0.15, -0.1) is 0 Å². The van der Waals surface area contributed by atoms with Gasteiger partial charge < -0.3 is 0 Å². The van der Waals surface area contributed by atoms with Crippen LogP contribution in [-0.4, -0.2) is 9.78 Å². The third kappa shape index (κ3) is 1.63. The minimum absolute atomic E-state index is 0.601. The van der Waals surface area contributed by atoms with Crippen LogP contribution in [0.2, 0.25) is 10.0 Å². The van der Waals surface area contributed by atoms with Crippen LogP contribution < -0.4 is 0 Å². The maximum Gasteiger partial charge on any atom is 0.0835 e. The van der Waals surface area contributed by atoms with E-state index >= 15 is 0 Å². The summed E-state index contributed by atoms with van der Waals surface area (Å²) in [5.41, 5.74) is 1.88. The second-order valence-electron chi connectivity index (χ2n) is 2.98. The van der Waals surface area contributed by atoms with Crippen LogP contribution in [0, 0.1) is 6.92 Å². The molecule has 2 nitrogen and oxygen atoms in total. The number of halogens is 2. The maximum absolute atomic E-state index is 6.05. The van der Waals surface area contributed by atoms with Gasteiger partial charge >= 0.3 is 0 Å². The highest BCUT2D eigenvalue weighted by atomic mass is 35.5. The summed E-state index contributed by atoms with van der Waals surface area (Å²) < 4.78 is 1.78. The van der Waals surface area contributed by atoms with Gasteiger partial charge in [0.1, 0.15) is 0 Å². The number of nitrogens with zero attached hydrogens (tertiary/aromatic N) is 2. The summed E-state index contributed by atoms with van der Waals surface area (Å²) in [6.45, 7) is 1.97. The first kappa shape index (κ1) is 9.56. The molecular weight excluding hydrogens is 219 g/mol. The summed E-state index contributed by atoms with van der Waals surface area (Å²) in [5, 5.41) is 5.40. The van der Waals surface area contributed by atoms with E-state index in [-0.39, 0.29) is 0 Å². The Morgan fingerprint density at radius 2 is 2.00 bits per heavy atom. The van der Waals surface area contributed by atoms with E-state index in [0.717, 1.165) is 11.4 Å². The molecule has 0 unspecified atom stereocenters. The highest BCUT2D eigenvalue weighted by Gasteiger charge is 2.05. The van der Waals surface area contributed by atoms with Crippen LogP contribution in [-0.2, 0) is 0 Å². The quantitative estimate of drug-likeness (QED) is 0.729. The molecule has 0 atom stereocenters. The number of hydrogen-bond acceptors (Lipinski definition) is 1. The Bertz CT molecular complexity index is 463. The van der Waals surface area contributed by atoms with Crippen molar-refractivity contribution in [3.63, 3.8) is 0 Å². The zero-order chi connectivity index (χ0) is 10.1. The van der Waals surface area contributed by atoms with Crippen molar-refractivity contribution in [3.05, 3.63) is 46.2 Å². The summed E-state index contributed by atoms with van der Waals surface area (Å²) in [6.07, 6.45) is 1.74. The highest BCUT2D eigenvalue weighted by molar-refractivity contribution is 6.35. The predicted molar refractivity (Wildman–Crippen MR) is 58.3 cm³/mol. The van der Waals surface area contributed by atoms with Crippen LogP contribution in [0.15, 0.2) is 30.5 Å². The summed E-state index contributed by atoms with van der Waals surface area (Å²) in [5.74, 6) is 0. The van der Waals surface area contributed by atoms with Crippen molar-refractivity contribution >= 4 is 23.2 Å². The lowest BCUT2D eigenvalue weighted by Gasteiger charge is -2.06. The minimum atomic E-state index is 0.601. The van der Waals surface area contributed by atoms with Crippen molar-refractivity contribution in [1.29, 1.82) is 0 Å². The van der Waals surface area contributed by atoms with Gasteiger partial charge in [0.25, 0.3) is 0 Å². The molecule has 0 saturated heterocycles. The van der Waals surface area contributed by atoms with E-state index in [1.54, 1.807) is 23.0 Å². The molecule has 72 valence electrons. The fourth-order valence-electron chi connectivity index (χ4n) is 1.27. The molecule has 0 N–H and O–H groups in total. The van der Waals surface area contributed by atoms with Crippen molar-refractivity contribution in [2.45, 2.75) is 6.92 Å². The third-order valence-electron chi connectivity index (χ3n) is 1.97. The summed E-state index contributed by atoms with van der Waals surface area (Å²) in [6, 6.07) is 7.28. The molecule has 1 aromatic heterocycles. The molecular formula is C10H8Cl2N2. The first-order chi connectivity index (χ1) is 6.68. The lowest BCUT2D eigenvalue weighted by atomic mass is 10.3. The minimum Gasteiger partial charge on any atom is -0.237 e. The van der Waals surface area contributed by atoms with Gasteiger partial charge in [0.05, 0.1) is 10.7 Å². The molecule has 2 rings (SSSR count). The van der Waals surface area contributed by atoms with Crippen molar-refractivity contribution in [2.24, 2.45) is 0 Å². The van der Waals surface area contributed by atoms with Crippen molar-refractivity contribution in [3.8, 4) is 5.69 Å². The van der Waals surface area contributed by atoms with Crippen LogP contribution in [0.3, 0.4) is 0 Å². The zero-order valence-electron chi connectivity index (χ0n) is 7.54. The molecule has 0 bridgehead atoms. The van der Waals surface area contributed by atoms with E-state index in [9.17, 15) is 0 Å². The molecule has 1 aromatic carbocycles. The fraction of sp³-hybridized carbons (Fsp3) is 0.100. The Kier molecular flexibility index (Phi) is 2.48. The molecule has 0 aliphatic rings. The highest BCUT2D eigenvalue weighted by Crippen LogP contribution is 2.24. The van der Waals surface area contributed by atoms with Gasteiger partial charge in [0.2, 0.25) is 0 Å². The SMILES string of the molecule is Cc1ccnn1-c1ccc(Cl)cc1Cl. The van der Waals surface area contributed by atoms with Crippen molar-refractivity contribution in [1.82, 2.24) is 9.78 Å². The number of benzene rings is 1. The molecule has 0 amide bonds. The molecule has 2 aromatic rings. The first-order valence-electron chi connectivity index (χ1n) is 4.14. The molecule has 14 heavy (non-hydrogen) atoms. The van der Waals surface area contributed by atoms with Gasteiger partial charge in [-0.3, -0.25) is 0 Å². The van der Waals surface area contributed by atoms with Crippen LogP contribution in [0.25, 0.3) is 5.69 Å². The summed E-state index contributed by atoms with van der Waals surface area (Å²) >= 11 is 11.9. The zero-order valence-corrected chi connectivity index (χ0v) is 9.05. The molecule has 0 fully saturated rings. The first-order valence-corrected chi connectivity index (χ1v) is 4.90. The molecule has 1 heterocycles. The normalized spacial score (nSPS) is 10.5. The van der Waals surface area contributed by atoms with Gasteiger partial charge in [-0.05, 0) is 31.2 Å². The smallest absolute Gasteiger partial charge is 0.0835 e. The summed E-state index contributed by atoms with van der Waals surface area (Å²) in [7, 11) is 0. The van der Waals surface area contributed by atoms with Gasteiger partial charge in [-0.25, -0.2) is 4.68 Å². The monoisotopic (exact) mass is 226 g/mol. The molecule has 0 saturated carbocycles. The maximum atomic E-state index is 6.05.